The zero-order chi connectivity index (χ0) is 21.2. The zero-order valence-corrected chi connectivity index (χ0v) is 21.7. The molecule has 1 fully saturated rings. The Bertz CT molecular complexity index is 841. The van der Waals surface area contributed by atoms with Gasteiger partial charge in [-0.2, -0.15) is 5.10 Å². The fourth-order valence-corrected chi connectivity index (χ4v) is 5.69. The molecule has 0 N–H and O–H groups in total. The van der Waals surface area contributed by atoms with Crippen LogP contribution in [0.5, 0.6) is 0 Å². The molecule has 2 heterocycles. The minimum Gasteiger partial charge on any atom is -0.417 e. The number of ether oxygens (including phenoxy) is 1. The predicted octanol–water partition coefficient (Wildman–Crippen LogP) is 7.50. The molecule has 0 spiro atoms. The lowest BCUT2D eigenvalue weighted by Crippen LogP contribution is -2.40. The van der Waals surface area contributed by atoms with Gasteiger partial charge in [0.05, 0.1) is 11.7 Å². The van der Waals surface area contributed by atoms with Gasteiger partial charge in [-0.15, -0.1) is 0 Å². The van der Waals surface area contributed by atoms with Gasteiger partial charge in [-0.25, -0.2) is 4.68 Å². The average molecular weight is 502 g/mol. The lowest BCUT2D eigenvalue weighted by atomic mass is 10.1. The third-order valence-corrected chi connectivity index (χ3v) is 12.2. The molecular formula is C22H34BrClN2O2Si. The van der Waals surface area contributed by atoms with Crippen molar-refractivity contribution in [1.82, 2.24) is 9.78 Å². The van der Waals surface area contributed by atoms with Crippen molar-refractivity contribution in [3.05, 3.63) is 27.3 Å². The van der Waals surface area contributed by atoms with Crippen LogP contribution in [0.15, 0.2) is 16.7 Å². The van der Waals surface area contributed by atoms with Crippen LogP contribution in [0.3, 0.4) is 0 Å². The Morgan fingerprint density at radius 3 is 2.72 bits per heavy atom. The number of benzene rings is 1. The maximum Gasteiger partial charge on any atom is 0.191 e. The molecule has 7 heteroatoms. The molecule has 0 bridgehead atoms. The second kappa shape index (κ2) is 9.39. The summed E-state index contributed by atoms with van der Waals surface area (Å²) in [5.41, 5.74) is 2.20. The van der Waals surface area contributed by atoms with Gasteiger partial charge in [-0.3, -0.25) is 0 Å². The van der Waals surface area contributed by atoms with Crippen molar-refractivity contribution in [2.24, 2.45) is 0 Å². The molecule has 1 aliphatic heterocycles. The lowest BCUT2D eigenvalue weighted by molar-refractivity contribution is -0.0366. The van der Waals surface area contributed by atoms with Crippen molar-refractivity contribution in [3.63, 3.8) is 0 Å². The Morgan fingerprint density at radius 1 is 1.31 bits per heavy atom. The summed E-state index contributed by atoms with van der Waals surface area (Å²) in [5, 5.41) is 6.77. The number of nitrogens with zero attached hydrogens (tertiary/aromatic N) is 2. The van der Waals surface area contributed by atoms with Crippen LogP contribution in [-0.4, -0.2) is 31.3 Å². The molecule has 1 unspecified atom stereocenters. The second-order valence-electron chi connectivity index (χ2n) is 9.56. The second-order valence-corrected chi connectivity index (χ2v) is 15.6. The highest BCUT2D eigenvalue weighted by molar-refractivity contribution is 9.10. The molecular weight excluding hydrogens is 468 g/mol. The summed E-state index contributed by atoms with van der Waals surface area (Å²) < 4.78 is 15.3. The zero-order valence-electron chi connectivity index (χ0n) is 18.4. The van der Waals surface area contributed by atoms with E-state index in [-0.39, 0.29) is 11.3 Å². The van der Waals surface area contributed by atoms with Gasteiger partial charge >= 0.3 is 0 Å². The molecule has 2 aromatic rings. The largest absolute Gasteiger partial charge is 0.417 e. The summed E-state index contributed by atoms with van der Waals surface area (Å²) >= 11 is 10.5. The normalized spacial score (nSPS) is 18.5. The van der Waals surface area contributed by atoms with E-state index in [0.717, 1.165) is 71.3 Å². The standard InChI is InChI=1S/C22H34BrClN2O2Si/c1-22(2,3)29(4,5)28-13-9-6-10-16-18(24)14-19-17(21(16)23)15-25-26(19)20-11-7-8-12-27-20/h14-15,20H,6-13H2,1-5H3. The van der Waals surface area contributed by atoms with Gasteiger partial charge < -0.3 is 9.16 Å². The van der Waals surface area contributed by atoms with Crippen LogP contribution in [0, 0.1) is 0 Å². The van der Waals surface area contributed by atoms with E-state index in [4.69, 9.17) is 20.8 Å². The Labute approximate surface area is 189 Å². The van der Waals surface area contributed by atoms with Crippen LogP contribution < -0.4 is 0 Å². The summed E-state index contributed by atoms with van der Waals surface area (Å²) in [4.78, 5) is 0. The summed E-state index contributed by atoms with van der Waals surface area (Å²) in [7, 11) is -1.66. The van der Waals surface area contributed by atoms with Gasteiger partial charge in [0.25, 0.3) is 0 Å². The van der Waals surface area contributed by atoms with E-state index in [0.29, 0.717) is 0 Å². The van der Waals surface area contributed by atoms with E-state index in [9.17, 15) is 0 Å². The van der Waals surface area contributed by atoms with E-state index < -0.39 is 8.32 Å². The first-order valence-corrected chi connectivity index (χ1v) is 14.8. The van der Waals surface area contributed by atoms with Crippen LogP contribution >= 0.6 is 27.5 Å². The lowest BCUT2D eigenvalue weighted by Gasteiger charge is -2.36. The number of rotatable bonds is 7. The number of hydrogen-bond acceptors (Lipinski definition) is 3. The highest BCUT2D eigenvalue weighted by Gasteiger charge is 2.36. The van der Waals surface area contributed by atoms with Gasteiger partial charge in [0.1, 0.15) is 0 Å². The summed E-state index contributed by atoms with van der Waals surface area (Å²) in [6, 6.07) is 2.05. The molecule has 1 aromatic carbocycles. The van der Waals surface area contributed by atoms with E-state index in [1.165, 1.54) is 6.42 Å². The van der Waals surface area contributed by atoms with E-state index in [2.05, 4.69) is 54.9 Å². The highest BCUT2D eigenvalue weighted by atomic mass is 79.9. The molecule has 29 heavy (non-hydrogen) atoms. The van der Waals surface area contributed by atoms with Gasteiger partial charge in [-0.05, 0) is 84.2 Å². The van der Waals surface area contributed by atoms with Gasteiger partial charge in [0.15, 0.2) is 14.5 Å². The highest BCUT2D eigenvalue weighted by Crippen LogP contribution is 2.38. The number of aromatic nitrogens is 2. The maximum atomic E-state index is 6.69. The summed E-state index contributed by atoms with van der Waals surface area (Å²) in [6.45, 7) is 13.1. The molecule has 0 radical (unpaired) electrons. The minimum atomic E-state index is -1.66. The summed E-state index contributed by atoms with van der Waals surface area (Å²) in [6.07, 6.45) is 8.28. The van der Waals surface area contributed by atoms with Crippen LogP contribution in [0.25, 0.3) is 10.9 Å². The Morgan fingerprint density at radius 2 is 2.07 bits per heavy atom. The van der Waals surface area contributed by atoms with Crippen LogP contribution in [-0.2, 0) is 15.6 Å². The molecule has 1 aromatic heterocycles. The van der Waals surface area contributed by atoms with Crippen molar-refractivity contribution in [2.45, 2.75) is 83.7 Å². The van der Waals surface area contributed by atoms with E-state index in [1.54, 1.807) is 0 Å². The summed E-state index contributed by atoms with van der Waals surface area (Å²) in [5.74, 6) is 0. The Balaban J connectivity index is 1.65. The van der Waals surface area contributed by atoms with Crippen LogP contribution in [0.1, 0.15) is 64.7 Å². The van der Waals surface area contributed by atoms with Crippen molar-refractivity contribution in [3.8, 4) is 0 Å². The fraction of sp³-hybridized carbons (Fsp3) is 0.682. The van der Waals surface area contributed by atoms with Crippen molar-refractivity contribution in [2.75, 3.05) is 13.2 Å². The molecule has 1 saturated heterocycles. The molecule has 0 saturated carbocycles. The molecule has 0 aliphatic carbocycles. The van der Waals surface area contributed by atoms with E-state index >= 15 is 0 Å². The topological polar surface area (TPSA) is 36.3 Å². The molecule has 3 rings (SSSR count). The van der Waals surface area contributed by atoms with Crippen molar-refractivity contribution >= 4 is 46.8 Å². The Hall–Kier alpha value is -0.403. The third-order valence-electron chi connectivity index (χ3n) is 6.41. The van der Waals surface area contributed by atoms with Gasteiger partial charge in [0, 0.05) is 28.1 Å². The molecule has 1 atom stereocenters. The molecule has 4 nitrogen and oxygen atoms in total. The first-order chi connectivity index (χ1) is 13.6. The minimum absolute atomic E-state index is 0.0163. The van der Waals surface area contributed by atoms with Gasteiger partial charge in [-0.1, -0.05) is 32.4 Å². The third kappa shape index (κ3) is 5.27. The number of halogens is 2. The maximum absolute atomic E-state index is 6.69. The van der Waals surface area contributed by atoms with E-state index in [1.807, 2.05) is 16.9 Å². The van der Waals surface area contributed by atoms with Crippen LogP contribution in [0.2, 0.25) is 23.2 Å². The number of unbranched alkanes of at least 4 members (excludes halogenated alkanes) is 1. The number of hydrogen-bond donors (Lipinski definition) is 0. The smallest absolute Gasteiger partial charge is 0.191 e. The fourth-order valence-electron chi connectivity index (χ4n) is 3.48. The first-order valence-electron chi connectivity index (χ1n) is 10.7. The number of fused-ring (bicyclic) bond motifs is 1. The van der Waals surface area contributed by atoms with Gasteiger partial charge in [0.2, 0.25) is 0 Å². The quantitative estimate of drug-likeness (QED) is 0.291. The predicted molar refractivity (Wildman–Crippen MR) is 127 cm³/mol. The van der Waals surface area contributed by atoms with Crippen molar-refractivity contribution < 1.29 is 9.16 Å². The monoisotopic (exact) mass is 500 g/mol. The molecule has 1 aliphatic rings. The van der Waals surface area contributed by atoms with Crippen LogP contribution in [0.4, 0.5) is 0 Å². The Kier molecular flexibility index (Phi) is 7.53. The molecule has 162 valence electrons. The average Bonchev–Trinajstić information content (AvgIpc) is 3.07. The first kappa shape index (κ1) is 23.3. The SMILES string of the molecule is CC(C)(C)[Si](C)(C)OCCCCc1c(Cl)cc2c(cnn2C2CCCCO2)c1Br. The molecule has 0 amide bonds. The van der Waals surface area contributed by atoms with Crippen molar-refractivity contribution in [1.29, 1.82) is 0 Å².